The molecular weight excluding hydrogens is 236 g/mol. The lowest BCUT2D eigenvalue weighted by atomic mass is 9.99. The van der Waals surface area contributed by atoms with E-state index in [2.05, 4.69) is 10.4 Å². The zero-order chi connectivity index (χ0) is 12.3. The van der Waals surface area contributed by atoms with E-state index in [-0.39, 0.29) is 12.1 Å². The number of ether oxygens (including phenoxy) is 1. The van der Waals surface area contributed by atoms with Crippen LogP contribution in [0.15, 0.2) is 12.3 Å². The summed E-state index contributed by atoms with van der Waals surface area (Å²) in [5, 5.41) is 0. The van der Waals surface area contributed by atoms with Gasteiger partial charge in [-0.3, -0.25) is 11.3 Å². The van der Waals surface area contributed by atoms with Crippen molar-refractivity contribution in [3.8, 4) is 0 Å². The van der Waals surface area contributed by atoms with Gasteiger partial charge in [0.2, 0.25) is 0 Å². The summed E-state index contributed by atoms with van der Waals surface area (Å²) in [5.41, 5.74) is 10.8. The first-order chi connectivity index (χ1) is 8.24. The highest BCUT2D eigenvalue weighted by Crippen LogP contribution is 2.29. The molecule has 1 aliphatic heterocycles. The monoisotopic (exact) mass is 254 g/mol. The van der Waals surface area contributed by atoms with Crippen molar-refractivity contribution in [1.29, 1.82) is 0 Å². The van der Waals surface area contributed by atoms with E-state index in [0.29, 0.717) is 5.82 Å². The van der Waals surface area contributed by atoms with Gasteiger partial charge in [-0.25, -0.2) is 4.98 Å². The third kappa shape index (κ3) is 2.71. The van der Waals surface area contributed by atoms with Crippen LogP contribution in [0.5, 0.6) is 0 Å². The topological polar surface area (TPSA) is 86.2 Å². The second-order valence-corrected chi connectivity index (χ2v) is 5.21. The summed E-state index contributed by atoms with van der Waals surface area (Å²) >= 11 is 1.87. The van der Waals surface area contributed by atoms with Crippen molar-refractivity contribution >= 4 is 17.6 Å². The Bertz CT molecular complexity index is 361. The van der Waals surface area contributed by atoms with Crippen LogP contribution in [-0.4, -0.2) is 29.2 Å². The molecular formula is C11H18N4OS. The second-order valence-electron chi connectivity index (χ2n) is 4.06. The summed E-state index contributed by atoms with van der Waals surface area (Å²) in [5.74, 6) is 8.13. The minimum Gasteiger partial charge on any atom is -0.383 e. The lowest BCUT2D eigenvalue weighted by Crippen LogP contribution is -2.42. The predicted octanol–water partition coefficient (Wildman–Crippen LogP) is 0.609. The van der Waals surface area contributed by atoms with Crippen molar-refractivity contribution in [2.24, 2.45) is 5.84 Å². The SMILES string of the molecule is Cc1ccnc(N)c1C(NN)C1CSCCO1. The van der Waals surface area contributed by atoms with Gasteiger partial charge in [0.25, 0.3) is 0 Å². The predicted molar refractivity (Wildman–Crippen MR) is 70.5 cm³/mol. The zero-order valence-corrected chi connectivity index (χ0v) is 10.7. The Hall–Kier alpha value is -0.820. The van der Waals surface area contributed by atoms with Gasteiger partial charge >= 0.3 is 0 Å². The minimum absolute atomic E-state index is 0.0453. The minimum atomic E-state index is -0.100. The first-order valence-corrected chi connectivity index (χ1v) is 6.76. The van der Waals surface area contributed by atoms with Gasteiger partial charge in [-0.2, -0.15) is 11.8 Å². The number of thioether (sulfide) groups is 1. The molecule has 0 bridgehead atoms. The average molecular weight is 254 g/mol. The van der Waals surface area contributed by atoms with Crippen LogP contribution in [0.2, 0.25) is 0 Å². The van der Waals surface area contributed by atoms with Crippen molar-refractivity contribution in [3.05, 3.63) is 23.4 Å². The maximum Gasteiger partial charge on any atom is 0.128 e. The summed E-state index contributed by atoms with van der Waals surface area (Å²) in [6.07, 6.45) is 1.75. The van der Waals surface area contributed by atoms with Crippen LogP contribution in [-0.2, 0) is 4.74 Å². The number of nitrogens with zero attached hydrogens (tertiary/aromatic N) is 1. The molecule has 94 valence electrons. The molecule has 1 aromatic heterocycles. The third-order valence-corrected chi connectivity index (χ3v) is 3.96. The number of nitrogen functional groups attached to an aromatic ring is 1. The molecule has 1 aliphatic rings. The highest BCUT2D eigenvalue weighted by molar-refractivity contribution is 7.99. The van der Waals surface area contributed by atoms with E-state index in [1.807, 2.05) is 24.8 Å². The molecule has 1 aromatic rings. The van der Waals surface area contributed by atoms with Gasteiger partial charge in [-0.15, -0.1) is 0 Å². The fraction of sp³-hybridized carbons (Fsp3) is 0.545. The Morgan fingerprint density at radius 2 is 2.47 bits per heavy atom. The van der Waals surface area contributed by atoms with Crippen LogP contribution in [0.25, 0.3) is 0 Å². The van der Waals surface area contributed by atoms with Crippen LogP contribution in [0.4, 0.5) is 5.82 Å². The quantitative estimate of drug-likeness (QED) is 0.541. The number of hydrogen-bond acceptors (Lipinski definition) is 6. The van der Waals surface area contributed by atoms with Crippen molar-refractivity contribution in [2.75, 3.05) is 23.8 Å². The Kier molecular flexibility index (Phi) is 4.22. The first-order valence-electron chi connectivity index (χ1n) is 5.60. The Morgan fingerprint density at radius 1 is 1.65 bits per heavy atom. The molecule has 2 heterocycles. The standard InChI is InChI=1S/C11H18N4OS/c1-7-2-3-14-11(12)9(7)10(15-13)8-6-17-5-4-16-8/h2-3,8,10,15H,4-6,13H2,1H3,(H2,12,14). The van der Waals surface area contributed by atoms with Gasteiger partial charge in [0.05, 0.1) is 18.8 Å². The number of aromatic nitrogens is 1. The summed E-state index contributed by atoms with van der Waals surface area (Å²) in [6.45, 7) is 2.76. The van der Waals surface area contributed by atoms with Crippen molar-refractivity contribution < 1.29 is 4.74 Å². The van der Waals surface area contributed by atoms with Gasteiger partial charge in [0.1, 0.15) is 5.82 Å². The van der Waals surface area contributed by atoms with Crippen LogP contribution in [0.1, 0.15) is 17.2 Å². The zero-order valence-electron chi connectivity index (χ0n) is 9.85. The van der Waals surface area contributed by atoms with E-state index < -0.39 is 0 Å². The molecule has 0 aromatic carbocycles. The highest BCUT2D eigenvalue weighted by atomic mass is 32.2. The number of aryl methyl sites for hydroxylation is 1. The number of hydrazine groups is 1. The summed E-state index contributed by atoms with van der Waals surface area (Å²) in [6, 6.07) is 1.84. The Balaban J connectivity index is 2.27. The van der Waals surface area contributed by atoms with Crippen molar-refractivity contribution in [1.82, 2.24) is 10.4 Å². The molecule has 2 unspecified atom stereocenters. The summed E-state index contributed by atoms with van der Waals surface area (Å²) < 4.78 is 5.75. The van der Waals surface area contributed by atoms with E-state index in [1.54, 1.807) is 6.20 Å². The normalized spacial score (nSPS) is 22.4. The van der Waals surface area contributed by atoms with Gasteiger partial charge in [0, 0.05) is 23.3 Å². The van der Waals surface area contributed by atoms with E-state index in [9.17, 15) is 0 Å². The Labute approximate surface area is 105 Å². The van der Waals surface area contributed by atoms with E-state index >= 15 is 0 Å². The number of pyridine rings is 1. The van der Waals surface area contributed by atoms with Crippen molar-refractivity contribution in [2.45, 2.75) is 19.1 Å². The molecule has 2 rings (SSSR count). The van der Waals surface area contributed by atoms with Crippen LogP contribution < -0.4 is 17.0 Å². The van der Waals surface area contributed by atoms with E-state index in [1.165, 1.54) is 0 Å². The van der Waals surface area contributed by atoms with E-state index in [4.69, 9.17) is 16.3 Å². The van der Waals surface area contributed by atoms with Crippen molar-refractivity contribution in [3.63, 3.8) is 0 Å². The number of anilines is 1. The molecule has 0 amide bonds. The fourth-order valence-corrected chi connectivity index (χ4v) is 2.97. The second kappa shape index (κ2) is 5.68. The maximum absolute atomic E-state index is 5.94. The average Bonchev–Trinajstić information content (AvgIpc) is 2.35. The molecule has 0 saturated carbocycles. The smallest absolute Gasteiger partial charge is 0.128 e. The first kappa shape index (κ1) is 12.6. The van der Waals surface area contributed by atoms with Crippen LogP contribution in [0, 0.1) is 6.92 Å². The number of nitrogens with one attached hydrogen (secondary N) is 1. The highest BCUT2D eigenvalue weighted by Gasteiger charge is 2.28. The molecule has 1 fully saturated rings. The molecule has 0 radical (unpaired) electrons. The van der Waals surface area contributed by atoms with Crippen LogP contribution in [0.3, 0.4) is 0 Å². The van der Waals surface area contributed by atoms with Gasteiger partial charge < -0.3 is 10.5 Å². The molecule has 1 saturated heterocycles. The molecule has 0 spiro atoms. The molecule has 5 N–H and O–H groups in total. The largest absolute Gasteiger partial charge is 0.383 e. The molecule has 2 atom stereocenters. The van der Waals surface area contributed by atoms with E-state index in [0.717, 1.165) is 29.2 Å². The maximum atomic E-state index is 5.94. The van der Waals surface area contributed by atoms with Gasteiger partial charge in [-0.1, -0.05) is 0 Å². The molecule has 5 nitrogen and oxygen atoms in total. The van der Waals surface area contributed by atoms with Gasteiger partial charge in [0.15, 0.2) is 0 Å². The van der Waals surface area contributed by atoms with Gasteiger partial charge in [-0.05, 0) is 18.6 Å². The fourth-order valence-electron chi connectivity index (χ4n) is 2.07. The number of hydrogen-bond donors (Lipinski definition) is 3. The molecule has 17 heavy (non-hydrogen) atoms. The van der Waals surface area contributed by atoms with Crippen LogP contribution >= 0.6 is 11.8 Å². The summed E-state index contributed by atoms with van der Waals surface area (Å²) in [7, 11) is 0. The number of nitrogens with two attached hydrogens (primary N) is 2. The third-order valence-electron chi connectivity index (χ3n) is 2.94. The molecule has 0 aliphatic carbocycles. The summed E-state index contributed by atoms with van der Waals surface area (Å²) in [4.78, 5) is 4.12. The molecule has 6 heteroatoms. The lowest BCUT2D eigenvalue weighted by molar-refractivity contribution is 0.0467. The Morgan fingerprint density at radius 3 is 3.06 bits per heavy atom. The number of rotatable bonds is 3. The lowest BCUT2D eigenvalue weighted by Gasteiger charge is -2.31.